The van der Waals surface area contributed by atoms with Crippen LogP contribution in [0.1, 0.15) is 40.5 Å². The Bertz CT molecular complexity index is 1110. The van der Waals surface area contributed by atoms with Gasteiger partial charge in [0.05, 0.1) is 5.69 Å². The average Bonchev–Trinajstić information content (AvgIpc) is 2.78. The summed E-state index contributed by atoms with van der Waals surface area (Å²) in [5, 5.41) is 4.89. The van der Waals surface area contributed by atoms with Crippen molar-refractivity contribution in [1.82, 2.24) is 4.90 Å². The number of ketones is 1. The first-order chi connectivity index (χ1) is 14.5. The first kappa shape index (κ1) is 19.8. The van der Waals surface area contributed by atoms with Crippen LogP contribution in [0.2, 0.25) is 0 Å². The zero-order valence-electron chi connectivity index (χ0n) is 16.9. The molecule has 1 saturated heterocycles. The summed E-state index contributed by atoms with van der Waals surface area (Å²) in [6.45, 7) is 2.56. The van der Waals surface area contributed by atoms with Crippen LogP contribution in [0.5, 0.6) is 0 Å². The van der Waals surface area contributed by atoms with E-state index in [9.17, 15) is 14.4 Å². The Balaban J connectivity index is 1.42. The maximum Gasteiger partial charge on any atom is 0.254 e. The van der Waals surface area contributed by atoms with E-state index in [-0.39, 0.29) is 23.5 Å². The zero-order chi connectivity index (χ0) is 21.1. The number of Topliss-reactive ketones (excluding diaryl/α,β-unsaturated/α-hetero) is 1. The summed E-state index contributed by atoms with van der Waals surface area (Å²) in [4.78, 5) is 39.4. The highest BCUT2D eigenvalue weighted by molar-refractivity contribution is 6.07. The fourth-order valence-electron chi connectivity index (χ4n) is 4.06. The van der Waals surface area contributed by atoms with Crippen molar-refractivity contribution in [3.63, 3.8) is 0 Å². The van der Waals surface area contributed by atoms with Gasteiger partial charge in [-0.15, -0.1) is 0 Å². The maximum absolute atomic E-state index is 13.1. The van der Waals surface area contributed by atoms with E-state index in [1.54, 1.807) is 24.3 Å². The van der Waals surface area contributed by atoms with E-state index in [0.29, 0.717) is 42.7 Å². The Kier molecular flexibility index (Phi) is 5.61. The second-order valence-electron chi connectivity index (χ2n) is 7.68. The first-order valence-corrected chi connectivity index (χ1v) is 10.2. The molecule has 1 aliphatic heterocycles. The zero-order valence-corrected chi connectivity index (χ0v) is 16.9. The number of benzene rings is 3. The lowest BCUT2D eigenvalue weighted by Crippen LogP contribution is -2.41. The lowest BCUT2D eigenvalue weighted by Gasteiger charge is -2.31. The number of hydrogen-bond donors (Lipinski definition) is 1. The molecule has 3 aromatic carbocycles. The summed E-state index contributed by atoms with van der Waals surface area (Å²) in [6.07, 6.45) is 1.20. The second-order valence-corrected chi connectivity index (χ2v) is 7.68. The summed E-state index contributed by atoms with van der Waals surface area (Å²) in [5.74, 6) is -0.350. The van der Waals surface area contributed by atoms with Gasteiger partial charge in [-0.1, -0.05) is 48.5 Å². The molecule has 30 heavy (non-hydrogen) atoms. The molecule has 3 aromatic rings. The lowest BCUT2D eigenvalue weighted by molar-refractivity contribution is -0.121. The normalized spacial score (nSPS) is 14.5. The van der Waals surface area contributed by atoms with Gasteiger partial charge in [-0.25, -0.2) is 0 Å². The molecule has 0 bridgehead atoms. The number of nitrogens with zero attached hydrogens (tertiary/aromatic N) is 1. The molecule has 0 spiro atoms. The van der Waals surface area contributed by atoms with E-state index in [0.717, 1.165) is 10.8 Å². The smallest absolute Gasteiger partial charge is 0.254 e. The van der Waals surface area contributed by atoms with Crippen molar-refractivity contribution >= 4 is 34.1 Å². The van der Waals surface area contributed by atoms with E-state index in [4.69, 9.17) is 0 Å². The Morgan fingerprint density at radius 1 is 0.833 bits per heavy atom. The maximum atomic E-state index is 13.1. The molecule has 4 rings (SSSR count). The highest BCUT2D eigenvalue weighted by Gasteiger charge is 2.28. The van der Waals surface area contributed by atoms with Gasteiger partial charge in [-0.2, -0.15) is 0 Å². The van der Waals surface area contributed by atoms with Crippen LogP contribution >= 0.6 is 0 Å². The average molecular weight is 400 g/mol. The van der Waals surface area contributed by atoms with Crippen molar-refractivity contribution in [2.45, 2.75) is 19.8 Å². The van der Waals surface area contributed by atoms with Gasteiger partial charge < -0.3 is 10.2 Å². The molecule has 5 heteroatoms. The Morgan fingerprint density at radius 3 is 2.23 bits per heavy atom. The predicted octanol–water partition coefficient (Wildman–Crippen LogP) is 4.53. The number of para-hydroxylation sites is 1. The number of likely N-dealkylation sites (tertiary alicyclic amines) is 1. The molecular weight excluding hydrogens is 376 g/mol. The van der Waals surface area contributed by atoms with Gasteiger partial charge in [0, 0.05) is 30.1 Å². The minimum absolute atomic E-state index is 0.00702. The Hall–Kier alpha value is -3.47. The molecular formula is C25H24N2O3. The molecule has 0 atom stereocenters. The minimum atomic E-state index is -0.179. The number of nitrogens with one attached hydrogen (secondary N) is 1. The molecule has 1 heterocycles. The highest BCUT2D eigenvalue weighted by atomic mass is 16.2. The van der Waals surface area contributed by atoms with Gasteiger partial charge in [-0.3, -0.25) is 14.4 Å². The molecule has 0 aliphatic carbocycles. The largest absolute Gasteiger partial charge is 0.339 e. The molecule has 0 unspecified atom stereocenters. The van der Waals surface area contributed by atoms with E-state index in [2.05, 4.69) is 5.32 Å². The number of amides is 2. The van der Waals surface area contributed by atoms with Crippen LogP contribution < -0.4 is 5.32 Å². The Labute approximate surface area is 175 Å². The number of piperidine rings is 1. The topological polar surface area (TPSA) is 66.5 Å². The molecule has 1 N–H and O–H groups in total. The van der Waals surface area contributed by atoms with Gasteiger partial charge in [0.2, 0.25) is 5.91 Å². The summed E-state index contributed by atoms with van der Waals surface area (Å²) in [7, 11) is 0. The molecule has 0 radical (unpaired) electrons. The Morgan fingerprint density at radius 2 is 1.47 bits per heavy atom. The summed E-state index contributed by atoms with van der Waals surface area (Å²) in [6, 6.07) is 20.7. The number of carbonyl (C=O) groups excluding carboxylic acids is 3. The second kappa shape index (κ2) is 8.49. The van der Waals surface area contributed by atoms with E-state index in [1.807, 2.05) is 47.4 Å². The molecule has 0 aromatic heterocycles. The summed E-state index contributed by atoms with van der Waals surface area (Å²) < 4.78 is 0. The number of carbonyl (C=O) groups is 3. The monoisotopic (exact) mass is 400 g/mol. The van der Waals surface area contributed by atoms with Crippen LogP contribution in [-0.2, 0) is 4.79 Å². The van der Waals surface area contributed by atoms with E-state index in [1.165, 1.54) is 6.92 Å². The van der Waals surface area contributed by atoms with Gasteiger partial charge in [-0.05, 0) is 48.7 Å². The molecule has 5 nitrogen and oxygen atoms in total. The lowest BCUT2D eigenvalue weighted by atomic mass is 9.94. The van der Waals surface area contributed by atoms with E-state index < -0.39 is 0 Å². The van der Waals surface area contributed by atoms with Crippen molar-refractivity contribution in [3.8, 4) is 0 Å². The molecule has 152 valence electrons. The van der Waals surface area contributed by atoms with Crippen molar-refractivity contribution in [2.75, 3.05) is 18.4 Å². The molecule has 2 amide bonds. The minimum Gasteiger partial charge on any atom is -0.339 e. The van der Waals surface area contributed by atoms with Crippen LogP contribution in [0.3, 0.4) is 0 Å². The van der Waals surface area contributed by atoms with Crippen LogP contribution in [0.15, 0.2) is 66.7 Å². The predicted molar refractivity (Wildman–Crippen MR) is 118 cm³/mol. The molecule has 0 saturated carbocycles. The van der Waals surface area contributed by atoms with Gasteiger partial charge in [0.25, 0.3) is 5.91 Å². The summed E-state index contributed by atoms with van der Waals surface area (Å²) in [5.41, 5.74) is 1.75. The first-order valence-electron chi connectivity index (χ1n) is 10.2. The van der Waals surface area contributed by atoms with Crippen molar-refractivity contribution < 1.29 is 14.4 Å². The van der Waals surface area contributed by atoms with Crippen LogP contribution in [0, 0.1) is 5.92 Å². The van der Waals surface area contributed by atoms with Crippen LogP contribution in [-0.4, -0.2) is 35.6 Å². The van der Waals surface area contributed by atoms with E-state index >= 15 is 0 Å². The third kappa shape index (κ3) is 3.96. The SMILES string of the molecule is CC(=O)c1ccccc1NC(=O)C1CCN(C(=O)c2cccc3ccccc23)CC1. The van der Waals surface area contributed by atoms with Gasteiger partial charge >= 0.3 is 0 Å². The number of rotatable bonds is 4. The third-order valence-electron chi connectivity index (χ3n) is 5.74. The number of fused-ring (bicyclic) bond motifs is 1. The number of anilines is 1. The number of hydrogen-bond acceptors (Lipinski definition) is 3. The van der Waals surface area contributed by atoms with Crippen molar-refractivity contribution in [3.05, 3.63) is 77.9 Å². The molecule has 1 aliphatic rings. The van der Waals surface area contributed by atoms with Crippen molar-refractivity contribution in [1.29, 1.82) is 0 Å². The van der Waals surface area contributed by atoms with Gasteiger partial charge in [0.1, 0.15) is 0 Å². The fourth-order valence-corrected chi connectivity index (χ4v) is 4.06. The van der Waals surface area contributed by atoms with Crippen LogP contribution in [0.25, 0.3) is 10.8 Å². The quantitative estimate of drug-likeness (QED) is 0.654. The molecule has 1 fully saturated rings. The third-order valence-corrected chi connectivity index (χ3v) is 5.74. The fraction of sp³-hybridized carbons (Fsp3) is 0.240. The van der Waals surface area contributed by atoms with Gasteiger partial charge in [0.15, 0.2) is 5.78 Å². The van der Waals surface area contributed by atoms with Crippen molar-refractivity contribution in [2.24, 2.45) is 5.92 Å². The van der Waals surface area contributed by atoms with Crippen LogP contribution in [0.4, 0.5) is 5.69 Å². The highest BCUT2D eigenvalue weighted by Crippen LogP contribution is 2.25. The summed E-state index contributed by atoms with van der Waals surface area (Å²) >= 11 is 0. The standard InChI is InChI=1S/C25H24N2O3/c1-17(28)20-9-4-5-12-23(20)26-24(29)19-13-15-27(16-14-19)25(30)22-11-6-8-18-7-2-3-10-21(18)22/h2-12,19H,13-16H2,1H3,(H,26,29).